The Bertz CT molecular complexity index is 464. The van der Waals surface area contributed by atoms with Crippen molar-refractivity contribution in [3.05, 3.63) is 29.8 Å². The van der Waals surface area contributed by atoms with E-state index in [1.54, 1.807) is 0 Å². The summed E-state index contributed by atoms with van der Waals surface area (Å²) in [6, 6.07) is 7.87. The lowest BCUT2D eigenvalue weighted by Crippen LogP contribution is -2.43. The van der Waals surface area contributed by atoms with E-state index in [1.165, 1.54) is 0 Å². The molecule has 0 N–H and O–H groups in total. The summed E-state index contributed by atoms with van der Waals surface area (Å²) >= 11 is 6.17. The number of halogens is 1. The van der Waals surface area contributed by atoms with E-state index in [0.29, 0.717) is 18.9 Å². The standard InChI is InChI=1S/C16H22ClNO2/c1-12-4-3-5-14(10-12)20-9-7-16(19)18-8-6-15(17)13(2)11-18/h3-5,10,13,15H,6-9,11H2,1-2H3. The van der Waals surface area contributed by atoms with Crippen LogP contribution in [0.2, 0.25) is 0 Å². The summed E-state index contributed by atoms with van der Waals surface area (Å²) in [7, 11) is 0. The molecule has 1 aromatic carbocycles. The molecule has 2 atom stereocenters. The van der Waals surface area contributed by atoms with Crippen LogP contribution in [0, 0.1) is 12.8 Å². The van der Waals surface area contributed by atoms with Crippen molar-refractivity contribution in [2.75, 3.05) is 19.7 Å². The lowest BCUT2D eigenvalue weighted by molar-refractivity contribution is -0.133. The average Bonchev–Trinajstić information content (AvgIpc) is 2.42. The monoisotopic (exact) mass is 295 g/mol. The second-order valence-electron chi connectivity index (χ2n) is 5.54. The van der Waals surface area contributed by atoms with Crippen LogP contribution >= 0.6 is 11.6 Å². The lowest BCUT2D eigenvalue weighted by Gasteiger charge is -2.34. The summed E-state index contributed by atoms with van der Waals surface area (Å²) in [6.07, 6.45) is 1.31. The number of piperidine rings is 1. The van der Waals surface area contributed by atoms with Gasteiger partial charge >= 0.3 is 0 Å². The van der Waals surface area contributed by atoms with Gasteiger partial charge in [-0.1, -0.05) is 19.1 Å². The molecule has 0 saturated carbocycles. The number of likely N-dealkylation sites (tertiary alicyclic amines) is 1. The van der Waals surface area contributed by atoms with Crippen LogP contribution in [-0.4, -0.2) is 35.9 Å². The van der Waals surface area contributed by atoms with E-state index in [1.807, 2.05) is 36.1 Å². The summed E-state index contributed by atoms with van der Waals surface area (Å²) < 4.78 is 5.62. The highest BCUT2D eigenvalue weighted by Gasteiger charge is 2.26. The van der Waals surface area contributed by atoms with Gasteiger partial charge in [0.05, 0.1) is 13.0 Å². The topological polar surface area (TPSA) is 29.5 Å². The zero-order valence-electron chi connectivity index (χ0n) is 12.1. The van der Waals surface area contributed by atoms with Crippen LogP contribution in [-0.2, 0) is 4.79 Å². The Morgan fingerprint density at radius 2 is 2.30 bits per heavy atom. The molecular weight excluding hydrogens is 274 g/mol. The lowest BCUT2D eigenvalue weighted by atomic mass is 9.99. The Labute approximate surface area is 125 Å². The van der Waals surface area contributed by atoms with Gasteiger partial charge in [0.25, 0.3) is 0 Å². The number of ether oxygens (including phenoxy) is 1. The van der Waals surface area contributed by atoms with Crippen molar-refractivity contribution < 1.29 is 9.53 Å². The number of carbonyl (C=O) groups excluding carboxylic acids is 1. The first-order chi connectivity index (χ1) is 9.56. The molecule has 0 bridgehead atoms. The molecule has 1 aliphatic rings. The summed E-state index contributed by atoms with van der Waals surface area (Å²) in [4.78, 5) is 14.0. The van der Waals surface area contributed by atoms with Gasteiger partial charge in [-0.25, -0.2) is 0 Å². The largest absolute Gasteiger partial charge is 0.493 e. The van der Waals surface area contributed by atoms with Gasteiger partial charge in [-0.3, -0.25) is 4.79 Å². The first-order valence-electron chi connectivity index (χ1n) is 7.17. The fraction of sp³-hybridized carbons (Fsp3) is 0.562. The number of alkyl halides is 1. The van der Waals surface area contributed by atoms with Gasteiger partial charge in [-0.15, -0.1) is 11.6 Å². The highest BCUT2D eigenvalue weighted by molar-refractivity contribution is 6.20. The molecule has 0 radical (unpaired) electrons. The van der Waals surface area contributed by atoms with Crippen molar-refractivity contribution in [2.45, 2.75) is 32.1 Å². The molecule has 20 heavy (non-hydrogen) atoms. The van der Waals surface area contributed by atoms with Crippen LogP contribution in [0.3, 0.4) is 0 Å². The van der Waals surface area contributed by atoms with E-state index in [2.05, 4.69) is 6.92 Å². The Hall–Kier alpha value is -1.22. The molecule has 3 nitrogen and oxygen atoms in total. The van der Waals surface area contributed by atoms with Crippen molar-refractivity contribution in [3.8, 4) is 5.75 Å². The van der Waals surface area contributed by atoms with Crippen molar-refractivity contribution in [2.24, 2.45) is 5.92 Å². The number of carbonyl (C=O) groups is 1. The van der Waals surface area contributed by atoms with Crippen LogP contribution in [0.4, 0.5) is 0 Å². The zero-order chi connectivity index (χ0) is 14.5. The fourth-order valence-electron chi connectivity index (χ4n) is 2.46. The quantitative estimate of drug-likeness (QED) is 0.798. The molecule has 0 aromatic heterocycles. The molecular formula is C16H22ClNO2. The van der Waals surface area contributed by atoms with Crippen molar-refractivity contribution in [3.63, 3.8) is 0 Å². The maximum atomic E-state index is 12.1. The predicted octanol–water partition coefficient (Wildman–Crippen LogP) is 3.24. The second kappa shape index (κ2) is 6.98. The molecule has 1 aliphatic heterocycles. The minimum Gasteiger partial charge on any atom is -0.493 e. The van der Waals surface area contributed by atoms with Crippen molar-refractivity contribution in [1.82, 2.24) is 4.90 Å². The van der Waals surface area contributed by atoms with Crippen molar-refractivity contribution in [1.29, 1.82) is 0 Å². The molecule has 110 valence electrons. The van der Waals surface area contributed by atoms with E-state index in [-0.39, 0.29) is 11.3 Å². The van der Waals surface area contributed by atoms with Gasteiger partial charge in [0.2, 0.25) is 5.91 Å². The highest BCUT2D eigenvalue weighted by Crippen LogP contribution is 2.22. The molecule has 0 aliphatic carbocycles. The van der Waals surface area contributed by atoms with Crippen LogP contribution in [0.5, 0.6) is 5.75 Å². The third kappa shape index (κ3) is 4.14. The zero-order valence-corrected chi connectivity index (χ0v) is 12.9. The molecule has 0 spiro atoms. The Morgan fingerprint density at radius 3 is 3.00 bits per heavy atom. The molecule has 1 saturated heterocycles. The second-order valence-corrected chi connectivity index (χ2v) is 6.10. The van der Waals surface area contributed by atoms with Gasteiger partial charge in [-0.2, -0.15) is 0 Å². The Balaban J connectivity index is 1.75. The molecule has 2 rings (SSSR count). The normalized spacial score (nSPS) is 22.6. The number of hydrogen-bond acceptors (Lipinski definition) is 2. The summed E-state index contributed by atoms with van der Waals surface area (Å²) in [5.74, 6) is 1.35. The third-order valence-corrected chi connectivity index (χ3v) is 4.38. The summed E-state index contributed by atoms with van der Waals surface area (Å²) in [5.41, 5.74) is 1.16. The van der Waals surface area contributed by atoms with Gasteiger partial charge in [0.1, 0.15) is 5.75 Å². The van der Waals surface area contributed by atoms with Crippen LogP contribution in [0.25, 0.3) is 0 Å². The highest BCUT2D eigenvalue weighted by atomic mass is 35.5. The molecule has 2 unspecified atom stereocenters. The maximum absolute atomic E-state index is 12.1. The first kappa shape index (κ1) is 15.2. The summed E-state index contributed by atoms with van der Waals surface area (Å²) in [5, 5.41) is 0.197. The smallest absolute Gasteiger partial charge is 0.226 e. The fourth-order valence-corrected chi connectivity index (χ4v) is 2.64. The SMILES string of the molecule is Cc1cccc(OCCC(=O)N2CCC(Cl)C(C)C2)c1. The molecule has 1 aromatic rings. The molecule has 1 amide bonds. The Morgan fingerprint density at radius 1 is 1.50 bits per heavy atom. The average molecular weight is 296 g/mol. The van der Waals surface area contributed by atoms with Gasteiger partial charge in [-0.05, 0) is 37.0 Å². The first-order valence-corrected chi connectivity index (χ1v) is 7.61. The van der Waals surface area contributed by atoms with Crippen molar-refractivity contribution >= 4 is 17.5 Å². The molecule has 1 fully saturated rings. The van der Waals surface area contributed by atoms with Crippen LogP contribution < -0.4 is 4.74 Å². The number of rotatable bonds is 4. The molecule has 4 heteroatoms. The number of nitrogens with zero attached hydrogens (tertiary/aromatic N) is 1. The minimum absolute atomic E-state index is 0.160. The van der Waals surface area contributed by atoms with E-state index in [0.717, 1.165) is 30.8 Å². The summed E-state index contributed by atoms with van der Waals surface area (Å²) in [6.45, 7) is 6.08. The number of benzene rings is 1. The number of amides is 1. The van der Waals surface area contributed by atoms with Gasteiger partial charge < -0.3 is 9.64 Å². The molecule has 1 heterocycles. The maximum Gasteiger partial charge on any atom is 0.226 e. The predicted molar refractivity (Wildman–Crippen MR) is 81.3 cm³/mol. The number of hydrogen-bond donors (Lipinski definition) is 0. The van der Waals surface area contributed by atoms with Crippen LogP contribution in [0.1, 0.15) is 25.3 Å². The minimum atomic E-state index is 0.160. The number of aryl methyl sites for hydroxylation is 1. The van der Waals surface area contributed by atoms with Gasteiger partial charge in [0, 0.05) is 18.5 Å². The van der Waals surface area contributed by atoms with Gasteiger partial charge in [0.15, 0.2) is 0 Å². The van der Waals surface area contributed by atoms with E-state index < -0.39 is 0 Å². The van der Waals surface area contributed by atoms with Crippen LogP contribution in [0.15, 0.2) is 24.3 Å². The van der Waals surface area contributed by atoms with E-state index >= 15 is 0 Å². The van der Waals surface area contributed by atoms with E-state index in [4.69, 9.17) is 16.3 Å². The van der Waals surface area contributed by atoms with E-state index in [9.17, 15) is 4.79 Å². The Kier molecular flexibility index (Phi) is 5.30. The third-order valence-electron chi connectivity index (χ3n) is 3.73.